The van der Waals surface area contributed by atoms with Gasteiger partial charge in [0.2, 0.25) is 0 Å². The molecule has 4 aromatic rings. The molecule has 0 radical (unpaired) electrons. The highest BCUT2D eigenvalue weighted by Gasteiger charge is 2.44. The van der Waals surface area contributed by atoms with Gasteiger partial charge in [-0.15, -0.1) is 0 Å². The van der Waals surface area contributed by atoms with Crippen LogP contribution in [0.3, 0.4) is 0 Å². The molecule has 0 aliphatic rings. The second-order valence-electron chi connectivity index (χ2n) is 12.3. The van der Waals surface area contributed by atoms with Crippen molar-refractivity contribution in [1.82, 2.24) is 0 Å². The second kappa shape index (κ2) is 11.8. The Kier molecular flexibility index (Phi) is 8.69. The van der Waals surface area contributed by atoms with E-state index in [1.807, 2.05) is 0 Å². The normalized spacial score (nSPS) is 14.1. The van der Waals surface area contributed by atoms with Crippen molar-refractivity contribution in [2.45, 2.75) is 53.0 Å². The van der Waals surface area contributed by atoms with Crippen LogP contribution in [0, 0.1) is 10.8 Å². The van der Waals surface area contributed by atoms with Gasteiger partial charge in [-0.3, -0.25) is 0 Å². The van der Waals surface area contributed by atoms with E-state index < -0.39 is 17.6 Å². The van der Waals surface area contributed by atoms with Gasteiger partial charge in [0.25, 0.3) is 0 Å². The van der Waals surface area contributed by atoms with Gasteiger partial charge in [0.15, 0.2) is 0 Å². The zero-order chi connectivity index (χ0) is 26.5. The lowest BCUT2D eigenvalue weighted by atomic mass is 9.96. The van der Waals surface area contributed by atoms with Crippen molar-refractivity contribution in [3.63, 3.8) is 0 Å². The van der Waals surface area contributed by atoms with Crippen LogP contribution in [0.5, 0.6) is 0 Å². The van der Waals surface area contributed by atoms with Gasteiger partial charge in [0, 0.05) is 0 Å². The first-order valence-corrected chi connectivity index (χ1v) is 17.2. The van der Waals surface area contributed by atoms with Crippen molar-refractivity contribution in [3.8, 4) is 0 Å². The summed E-state index contributed by atoms with van der Waals surface area (Å²) in [7, 11) is -3.49. The van der Waals surface area contributed by atoms with Crippen molar-refractivity contribution in [1.29, 1.82) is 0 Å². The molecule has 0 spiro atoms. The first-order chi connectivity index (χ1) is 17.7. The SMILES string of the molecule is CC(C)(C)C(OC([SiH](c1ccccc1)c1ccccc1)C(C)(C)C)[SiH](c1ccccc1)c1ccccc1. The summed E-state index contributed by atoms with van der Waals surface area (Å²) in [4.78, 5) is 0. The van der Waals surface area contributed by atoms with Gasteiger partial charge in [0.1, 0.15) is 17.6 Å². The molecule has 192 valence electrons. The van der Waals surface area contributed by atoms with Crippen LogP contribution in [0.2, 0.25) is 0 Å². The molecule has 0 N–H and O–H groups in total. The van der Waals surface area contributed by atoms with E-state index in [1.54, 1.807) is 0 Å². The van der Waals surface area contributed by atoms with Crippen LogP contribution in [0.25, 0.3) is 0 Å². The highest BCUT2D eigenvalue weighted by Crippen LogP contribution is 2.32. The van der Waals surface area contributed by atoms with E-state index in [9.17, 15) is 0 Å². The minimum atomic E-state index is -1.75. The maximum absolute atomic E-state index is 7.64. The molecule has 1 nitrogen and oxygen atoms in total. The molecule has 37 heavy (non-hydrogen) atoms. The molecular formula is C34H42OSi2. The summed E-state index contributed by atoms with van der Waals surface area (Å²) >= 11 is 0. The molecule has 2 unspecified atom stereocenters. The summed E-state index contributed by atoms with van der Waals surface area (Å²) < 4.78 is 7.64. The quantitative estimate of drug-likeness (QED) is 0.296. The van der Waals surface area contributed by atoms with E-state index in [-0.39, 0.29) is 22.3 Å². The molecule has 0 heterocycles. The van der Waals surface area contributed by atoms with Gasteiger partial charge >= 0.3 is 0 Å². The number of rotatable bonds is 8. The maximum Gasteiger partial charge on any atom is 0.135 e. The average Bonchev–Trinajstić information content (AvgIpc) is 2.89. The number of benzene rings is 4. The van der Waals surface area contributed by atoms with Crippen molar-refractivity contribution < 1.29 is 4.74 Å². The van der Waals surface area contributed by atoms with Gasteiger partial charge in [0.05, 0.1) is 11.5 Å². The Morgan fingerprint density at radius 3 is 0.811 bits per heavy atom. The molecule has 2 atom stereocenters. The Morgan fingerprint density at radius 1 is 0.405 bits per heavy atom. The topological polar surface area (TPSA) is 9.23 Å². The molecule has 0 amide bonds. The Bertz CT molecular complexity index is 1040. The Morgan fingerprint density at radius 2 is 0.622 bits per heavy atom. The highest BCUT2D eigenvalue weighted by molar-refractivity contribution is 6.87. The zero-order valence-electron chi connectivity index (χ0n) is 23.3. The fourth-order valence-corrected chi connectivity index (χ4v) is 13.0. The minimum absolute atomic E-state index is 0.0155. The maximum atomic E-state index is 7.64. The van der Waals surface area contributed by atoms with Crippen LogP contribution < -0.4 is 20.7 Å². The van der Waals surface area contributed by atoms with Gasteiger partial charge < -0.3 is 4.74 Å². The predicted octanol–water partition coefficient (Wildman–Crippen LogP) is 4.99. The van der Waals surface area contributed by atoms with Gasteiger partial charge in [-0.1, -0.05) is 184 Å². The van der Waals surface area contributed by atoms with Crippen LogP contribution >= 0.6 is 0 Å². The summed E-state index contributed by atoms with van der Waals surface area (Å²) in [5.41, 5.74) is 0.226. The highest BCUT2D eigenvalue weighted by atomic mass is 28.3. The van der Waals surface area contributed by atoms with Crippen LogP contribution in [-0.2, 0) is 4.74 Å². The molecule has 0 fully saturated rings. The van der Waals surface area contributed by atoms with Gasteiger partial charge in [-0.2, -0.15) is 0 Å². The van der Waals surface area contributed by atoms with Crippen LogP contribution in [0.1, 0.15) is 41.5 Å². The standard InChI is InChI=1S/C34H42OSi2/c1-33(2,3)31(36(27-19-11-7-12-20-27)28-21-13-8-14-22-28)35-32(34(4,5)6)37(29-23-15-9-16-24-29)30-25-17-10-18-26-30/h7-26,31-32,36-37H,1-6H3. The Labute approximate surface area is 227 Å². The van der Waals surface area contributed by atoms with Crippen LogP contribution in [-0.4, -0.2) is 29.0 Å². The molecule has 0 bridgehead atoms. The minimum Gasteiger partial charge on any atom is -0.380 e. The third-order valence-electron chi connectivity index (χ3n) is 7.24. The molecular weight excluding hydrogens is 481 g/mol. The number of ether oxygens (including phenoxy) is 1. The molecule has 3 heteroatoms. The summed E-state index contributed by atoms with van der Waals surface area (Å²) in [6.07, 6.45) is 0. The number of hydrogen-bond donors (Lipinski definition) is 0. The van der Waals surface area contributed by atoms with Crippen molar-refractivity contribution in [2.75, 3.05) is 0 Å². The Hall–Kier alpha value is -2.73. The lowest BCUT2D eigenvalue weighted by molar-refractivity contribution is -0.0306. The molecule has 0 aliphatic heterocycles. The molecule has 0 saturated heterocycles. The second-order valence-corrected chi connectivity index (χ2v) is 18.1. The molecule has 4 rings (SSSR count). The van der Waals surface area contributed by atoms with Crippen molar-refractivity contribution in [2.24, 2.45) is 10.8 Å². The summed E-state index contributed by atoms with van der Waals surface area (Å²) in [6.45, 7) is 14.2. The lowest BCUT2D eigenvalue weighted by Crippen LogP contribution is -2.64. The fourth-order valence-electron chi connectivity index (χ4n) is 5.45. The van der Waals surface area contributed by atoms with Crippen molar-refractivity contribution in [3.05, 3.63) is 121 Å². The van der Waals surface area contributed by atoms with E-state index in [0.29, 0.717) is 0 Å². The first-order valence-electron chi connectivity index (χ1n) is 13.5. The van der Waals surface area contributed by atoms with E-state index >= 15 is 0 Å². The fraction of sp³-hybridized carbons (Fsp3) is 0.294. The zero-order valence-corrected chi connectivity index (χ0v) is 25.6. The number of hydrogen-bond acceptors (Lipinski definition) is 1. The molecule has 0 saturated carbocycles. The smallest absolute Gasteiger partial charge is 0.135 e. The first kappa shape index (κ1) is 27.3. The van der Waals surface area contributed by atoms with Gasteiger partial charge in [-0.25, -0.2) is 0 Å². The summed E-state index contributed by atoms with van der Waals surface area (Å²) in [5.74, 6) is 0. The molecule has 0 aromatic heterocycles. The van der Waals surface area contributed by atoms with E-state index in [2.05, 4.69) is 163 Å². The third-order valence-corrected chi connectivity index (χ3v) is 15.2. The van der Waals surface area contributed by atoms with E-state index in [4.69, 9.17) is 4.74 Å². The Balaban J connectivity index is 1.87. The molecule has 0 aliphatic carbocycles. The largest absolute Gasteiger partial charge is 0.380 e. The third kappa shape index (κ3) is 6.78. The summed E-state index contributed by atoms with van der Waals surface area (Å²) in [6, 6.07) is 44.5. The lowest BCUT2D eigenvalue weighted by Gasteiger charge is -2.45. The average molecular weight is 523 g/mol. The summed E-state index contributed by atoms with van der Waals surface area (Å²) in [5, 5.41) is 5.77. The van der Waals surface area contributed by atoms with Crippen LogP contribution in [0.15, 0.2) is 121 Å². The van der Waals surface area contributed by atoms with E-state index in [0.717, 1.165) is 0 Å². The van der Waals surface area contributed by atoms with Crippen LogP contribution in [0.4, 0.5) is 0 Å². The predicted molar refractivity (Wildman–Crippen MR) is 166 cm³/mol. The van der Waals surface area contributed by atoms with Crippen molar-refractivity contribution >= 4 is 38.3 Å². The van der Waals surface area contributed by atoms with Gasteiger partial charge in [-0.05, 0) is 10.8 Å². The molecule has 4 aromatic carbocycles. The monoisotopic (exact) mass is 522 g/mol. The van der Waals surface area contributed by atoms with E-state index in [1.165, 1.54) is 20.7 Å².